The van der Waals surface area contributed by atoms with Gasteiger partial charge >= 0.3 is 11.8 Å². The Morgan fingerprint density at radius 3 is 2.03 bits per heavy atom. The summed E-state index contributed by atoms with van der Waals surface area (Å²) in [7, 11) is -3.96. The van der Waals surface area contributed by atoms with E-state index in [4.69, 9.17) is 0 Å². The molecule has 0 saturated carbocycles. The smallest absolute Gasteiger partial charge is 0.309 e. The topological polar surface area (TPSA) is 92.3 Å². The van der Waals surface area contributed by atoms with Crippen LogP contribution in [0, 0.1) is 11.6 Å². The van der Waals surface area contributed by atoms with E-state index in [1.54, 1.807) is 17.5 Å². The van der Waals surface area contributed by atoms with Gasteiger partial charge in [0.15, 0.2) is 9.84 Å². The molecular weight excluding hydrogens is 446 g/mol. The predicted molar refractivity (Wildman–Crippen MR) is 112 cm³/mol. The van der Waals surface area contributed by atoms with E-state index < -0.39 is 38.5 Å². The van der Waals surface area contributed by atoms with Gasteiger partial charge in [-0.15, -0.1) is 11.3 Å². The summed E-state index contributed by atoms with van der Waals surface area (Å²) in [4.78, 5) is 24.6. The highest BCUT2D eigenvalue weighted by molar-refractivity contribution is 7.91. The Morgan fingerprint density at radius 2 is 1.45 bits per heavy atom. The minimum atomic E-state index is -3.96. The molecule has 0 aliphatic heterocycles. The fourth-order valence-corrected chi connectivity index (χ4v) is 5.54. The molecule has 0 spiro atoms. The van der Waals surface area contributed by atoms with Gasteiger partial charge in [-0.1, -0.05) is 18.2 Å². The third kappa shape index (κ3) is 5.74. The highest BCUT2D eigenvalue weighted by Crippen LogP contribution is 2.31. The average molecular weight is 465 g/mol. The zero-order valence-corrected chi connectivity index (χ0v) is 17.7. The Balaban J connectivity index is 1.68. The molecule has 3 rings (SSSR count). The van der Waals surface area contributed by atoms with Crippen LogP contribution >= 0.6 is 11.3 Å². The van der Waals surface area contributed by atoms with Gasteiger partial charge in [-0.3, -0.25) is 9.59 Å². The van der Waals surface area contributed by atoms with Crippen LogP contribution in [0.1, 0.15) is 15.7 Å². The first-order valence-corrected chi connectivity index (χ1v) is 11.5. The molecule has 0 fully saturated rings. The van der Waals surface area contributed by atoms with Gasteiger partial charge in [0.25, 0.3) is 0 Å². The fourth-order valence-electron chi connectivity index (χ4n) is 2.76. The van der Waals surface area contributed by atoms with Crippen molar-refractivity contribution in [3.63, 3.8) is 0 Å². The van der Waals surface area contributed by atoms with Crippen molar-refractivity contribution in [2.75, 3.05) is 6.54 Å². The van der Waals surface area contributed by atoms with E-state index in [0.717, 1.165) is 24.3 Å². The van der Waals surface area contributed by atoms with Crippen molar-refractivity contribution in [3.05, 3.63) is 88.1 Å². The second-order valence-electron chi connectivity index (χ2n) is 6.52. The van der Waals surface area contributed by atoms with Crippen molar-refractivity contribution in [3.8, 4) is 0 Å². The first-order valence-electron chi connectivity index (χ1n) is 9.10. The summed E-state index contributed by atoms with van der Waals surface area (Å²) in [5, 5.41) is 5.29. The minimum absolute atomic E-state index is 0.00870. The Kier molecular flexibility index (Phi) is 7.13. The Hall–Kier alpha value is -3.11. The lowest BCUT2D eigenvalue weighted by Gasteiger charge is -2.17. The normalized spacial score (nSPS) is 12.2. The first-order chi connectivity index (χ1) is 14.8. The maximum atomic E-state index is 13.2. The third-order valence-electron chi connectivity index (χ3n) is 4.40. The van der Waals surface area contributed by atoms with Crippen LogP contribution in [-0.2, 0) is 26.0 Å². The molecule has 0 aliphatic rings. The second kappa shape index (κ2) is 9.80. The van der Waals surface area contributed by atoms with Crippen molar-refractivity contribution in [1.29, 1.82) is 0 Å². The van der Waals surface area contributed by atoms with E-state index >= 15 is 0 Å². The summed E-state index contributed by atoms with van der Waals surface area (Å²) in [6.45, 7) is -0.336. The Morgan fingerprint density at radius 1 is 0.871 bits per heavy atom. The standard InChI is InChI=1S/C21H18F2N2O4S2/c22-15-5-3-14(4-6-15)12-24-20(26)21(27)25-13-19(18-2-1-11-30-18)31(28,29)17-9-7-16(23)8-10-17/h1-11,19H,12-13H2,(H,24,26)(H,25,27)/t19-/m1/s1. The van der Waals surface area contributed by atoms with Crippen LogP contribution in [0.5, 0.6) is 0 Å². The van der Waals surface area contributed by atoms with Gasteiger partial charge in [-0.25, -0.2) is 17.2 Å². The lowest BCUT2D eigenvalue weighted by atomic mass is 10.2. The van der Waals surface area contributed by atoms with Gasteiger partial charge in [0, 0.05) is 18.0 Å². The number of rotatable bonds is 7. The SMILES string of the molecule is O=C(NCc1ccc(F)cc1)C(=O)NC[C@H](c1cccs1)S(=O)(=O)c1ccc(F)cc1. The summed E-state index contributed by atoms with van der Waals surface area (Å²) < 4.78 is 52.2. The van der Waals surface area contributed by atoms with Crippen LogP contribution in [0.4, 0.5) is 8.78 Å². The highest BCUT2D eigenvalue weighted by atomic mass is 32.2. The Bertz CT molecular complexity index is 1150. The van der Waals surface area contributed by atoms with Crippen molar-refractivity contribution < 1.29 is 26.8 Å². The van der Waals surface area contributed by atoms with E-state index in [0.29, 0.717) is 10.4 Å². The van der Waals surface area contributed by atoms with E-state index in [-0.39, 0.29) is 18.0 Å². The number of carbonyl (C=O) groups excluding carboxylic acids is 2. The van der Waals surface area contributed by atoms with Gasteiger partial charge in [0.05, 0.1) is 4.90 Å². The molecule has 2 aromatic carbocycles. The molecule has 0 saturated heterocycles. The third-order valence-corrected chi connectivity index (χ3v) is 7.63. The summed E-state index contributed by atoms with van der Waals surface area (Å²) in [6.07, 6.45) is 0. The molecule has 0 bridgehead atoms. The molecule has 1 aromatic heterocycles. The number of carbonyl (C=O) groups is 2. The van der Waals surface area contributed by atoms with E-state index in [2.05, 4.69) is 10.6 Å². The van der Waals surface area contributed by atoms with Crippen LogP contribution in [0.15, 0.2) is 70.9 Å². The minimum Gasteiger partial charge on any atom is -0.346 e. The monoisotopic (exact) mass is 464 g/mol. The van der Waals surface area contributed by atoms with Crippen LogP contribution in [0.3, 0.4) is 0 Å². The van der Waals surface area contributed by atoms with Gasteiger partial charge in [-0.2, -0.15) is 0 Å². The van der Waals surface area contributed by atoms with Crippen LogP contribution in [0.25, 0.3) is 0 Å². The van der Waals surface area contributed by atoms with Crippen molar-refractivity contribution in [1.82, 2.24) is 10.6 Å². The van der Waals surface area contributed by atoms with Crippen LogP contribution in [-0.4, -0.2) is 26.8 Å². The molecule has 31 heavy (non-hydrogen) atoms. The number of halogens is 2. The lowest BCUT2D eigenvalue weighted by Crippen LogP contribution is -2.42. The average Bonchev–Trinajstić information content (AvgIpc) is 3.27. The number of hydrogen-bond donors (Lipinski definition) is 2. The quantitative estimate of drug-likeness (QED) is 0.415. The summed E-state index contributed by atoms with van der Waals surface area (Å²) in [5.41, 5.74) is 0.595. The van der Waals surface area contributed by atoms with Gasteiger partial charge in [0.2, 0.25) is 0 Å². The largest absolute Gasteiger partial charge is 0.346 e. The van der Waals surface area contributed by atoms with Gasteiger partial charge < -0.3 is 10.6 Å². The number of thiophene rings is 1. The van der Waals surface area contributed by atoms with Crippen molar-refractivity contribution in [2.45, 2.75) is 16.7 Å². The molecule has 6 nitrogen and oxygen atoms in total. The first kappa shape index (κ1) is 22.6. The van der Waals surface area contributed by atoms with Crippen LogP contribution < -0.4 is 10.6 Å². The second-order valence-corrected chi connectivity index (χ2v) is 9.63. The maximum absolute atomic E-state index is 13.2. The summed E-state index contributed by atoms with van der Waals surface area (Å²) in [6, 6.07) is 13.1. The van der Waals surface area contributed by atoms with E-state index in [1.807, 2.05) is 0 Å². The zero-order chi connectivity index (χ0) is 22.4. The molecule has 0 aliphatic carbocycles. The molecule has 1 atom stereocenters. The molecule has 0 unspecified atom stereocenters. The molecule has 2 amide bonds. The molecular formula is C21H18F2N2O4S2. The lowest BCUT2D eigenvalue weighted by molar-refractivity contribution is -0.139. The van der Waals surface area contributed by atoms with Crippen molar-refractivity contribution >= 4 is 33.0 Å². The number of sulfone groups is 1. The number of benzene rings is 2. The summed E-state index contributed by atoms with van der Waals surface area (Å²) >= 11 is 1.19. The van der Waals surface area contributed by atoms with E-state index in [1.165, 1.54) is 35.6 Å². The molecule has 0 radical (unpaired) electrons. The molecule has 3 aromatic rings. The van der Waals surface area contributed by atoms with E-state index in [9.17, 15) is 26.8 Å². The summed E-state index contributed by atoms with van der Waals surface area (Å²) in [5.74, 6) is -2.95. The predicted octanol–water partition coefficient (Wildman–Crippen LogP) is 2.97. The van der Waals surface area contributed by atoms with Gasteiger partial charge in [-0.05, 0) is 53.4 Å². The molecule has 162 valence electrons. The number of nitrogens with one attached hydrogen (secondary N) is 2. The maximum Gasteiger partial charge on any atom is 0.309 e. The fraction of sp³-hybridized carbons (Fsp3) is 0.143. The molecule has 1 heterocycles. The molecule has 2 N–H and O–H groups in total. The zero-order valence-electron chi connectivity index (χ0n) is 16.0. The highest BCUT2D eigenvalue weighted by Gasteiger charge is 2.31. The van der Waals surface area contributed by atoms with Crippen molar-refractivity contribution in [2.24, 2.45) is 0 Å². The number of amides is 2. The Labute approximate surface area is 181 Å². The van der Waals surface area contributed by atoms with Gasteiger partial charge in [0.1, 0.15) is 16.9 Å². The molecule has 10 heteroatoms. The number of hydrogen-bond acceptors (Lipinski definition) is 5. The van der Waals surface area contributed by atoms with Crippen LogP contribution in [0.2, 0.25) is 0 Å².